The second-order valence-electron chi connectivity index (χ2n) is 4.92. The fourth-order valence-corrected chi connectivity index (χ4v) is 2.46. The van der Waals surface area contributed by atoms with Crippen LogP contribution in [0.1, 0.15) is 23.2 Å². The van der Waals surface area contributed by atoms with Crippen LogP contribution in [-0.2, 0) is 4.74 Å². The Balaban J connectivity index is 1.88. The third-order valence-corrected chi connectivity index (χ3v) is 3.53. The average molecular weight is 272 g/mol. The molecule has 1 aliphatic rings. The summed E-state index contributed by atoms with van der Waals surface area (Å²) < 4.78 is 5.56. The van der Waals surface area contributed by atoms with Gasteiger partial charge in [0.15, 0.2) is 0 Å². The van der Waals surface area contributed by atoms with Crippen molar-refractivity contribution in [3.8, 4) is 0 Å². The number of carbonyl (C=O) groups is 1. The van der Waals surface area contributed by atoms with Crippen molar-refractivity contribution in [2.24, 2.45) is 0 Å². The standard InChI is InChI=1S/C15H16N2O3/c18-15(19)11-4-3-10-5-6-16-14(13(10)8-11)17-9-12-2-1-7-20-12/h3-6,8,12H,1-2,7,9H2,(H,16,17)(H,18,19). The highest BCUT2D eigenvalue weighted by Crippen LogP contribution is 2.23. The molecule has 5 heteroatoms. The van der Waals surface area contributed by atoms with Crippen molar-refractivity contribution in [1.82, 2.24) is 4.98 Å². The number of rotatable bonds is 4. The Morgan fingerprint density at radius 3 is 3.10 bits per heavy atom. The van der Waals surface area contributed by atoms with E-state index in [1.807, 2.05) is 6.07 Å². The number of fused-ring (bicyclic) bond motifs is 1. The van der Waals surface area contributed by atoms with Crippen LogP contribution in [0.4, 0.5) is 5.82 Å². The number of pyridine rings is 1. The van der Waals surface area contributed by atoms with Crippen LogP contribution in [0.3, 0.4) is 0 Å². The lowest BCUT2D eigenvalue weighted by molar-refractivity contribution is 0.0697. The van der Waals surface area contributed by atoms with Crippen molar-refractivity contribution in [3.63, 3.8) is 0 Å². The maximum Gasteiger partial charge on any atom is 0.335 e. The molecule has 0 amide bonds. The maximum atomic E-state index is 11.1. The van der Waals surface area contributed by atoms with Gasteiger partial charge in [-0.2, -0.15) is 0 Å². The van der Waals surface area contributed by atoms with Gasteiger partial charge in [0, 0.05) is 24.7 Å². The number of nitrogens with zero attached hydrogens (tertiary/aromatic N) is 1. The summed E-state index contributed by atoms with van der Waals surface area (Å²) in [6, 6.07) is 6.94. The Morgan fingerprint density at radius 1 is 1.45 bits per heavy atom. The topological polar surface area (TPSA) is 71.5 Å². The number of ether oxygens (including phenoxy) is 1. The van der Waals surface area contributed by atoms with E-state index in [2.05, 4.69) is 10.3 Å². The van der Waals surface area contributed by atoms with Gasteiger partial charge in [-0.05, 0) is 36.4 Å². The molecule has 5 nitrogen and oxygen atoms in total. The van der Waals surface area contributed by atoms with Gasteiger partial charge in [0.2, 0.25) is 0 Å². The maximum absolute atomic E-state index is 11.1. The van der Waals surface area contributed by atoms with Gasteiger partial charge in [-0.25, -0.2) is 9.78 Å². The Bertz CT molecular complexity index is 636. The number of anilines is 1. The summed E-state index contributed by atoms with van der Waals surface area (Å²) in [6.45, 7) is 1.52. The van der Waals surface area contributed by atoms with Crippen LogP contribution in [0, 0.1) is 0 Å². The van der Waals surface area contributed by atoms with E-state index in [0.717, 1.165) is 30.2 Å². The SMILES string of the molecule is O=C(O)c1ccc2ccnc(NCC3CCCO3)c2c1. The van der Waals surface area contributed by atoms with Crippen molar-refractivity contribution in [2.75, 3.05) is 18.5 Å². The van der Waals surface area contributed by atoms with E-state index in [1.165, 1.54) is 0 Å². The van der Waals surface area contributed by atoms with E-state index in [4.69, 9.17) is 9.84 Å². The summed E-state index contributed by atoms with van der Waals surface area (Å²) in [5, 5.41) is 14.1. The normalized spacial score (nSPS) is 18.3. The molecule has 104 valence electrons. The lowest BCUT2D eigenvalue weighted by Gasteiger charge is -2.13. The Hall–Kier alpha value is -2.14. The largest absolute Gasteiger partial charge is 0.478 e. The van der Waals surface area contributed by atoms with Gasteiger partial charge in [-0.1, -0.05) is 6.07 Å². The number of benzene rings is 1. The average Bonchev–Trinajstić information content (AvgIpc) is 2.97. The predicted octanol–water partition coefficient (Wildman–Crippen LogP) is 2.52. The van der Waals surface area contributed by atoms with E-state index in [1.54, 1.807) is 24.4 Å². The van der Waals surface area contributed by atoms with Gasteiger partial charge in [-0.15, -0.1) is 0 Å². The zero-order valence-corrected chi connectivity index (χ0v) is 11.0. The monoisotopic (exact) mass is 272 g/mol. The van der Waals surface area contributed by atoms with Gasteiger partial charge in [0.1, 0.15) is 5.82 Å². The molecule has 1 fully saturated rings. The van der Waals surface area contributed by atoms with Crippen molar-refractivity contribution < 1.29 is 14.6 Å². The van der Waals surface area contributed by atoms with Crippen LogP contribution >= 0.6 is 0 Å². The van der Waals surface area contributed by atoms with Crippen LogP contribution in [0.2, 0.25) is 0 Å². The molecular formula is C15H16N2O3. The van der Waals surface area contributed by atoms with E-state index in [9.17, 15) is 4.79 Å². The quantitative estimate of drug-likeness (QED) is 0.894. The van der Waals surface area contributed by atoms with Crippen LogP contribution in [0.25, 0.3) is 10.8 Å². The minimum Gasteiger partial charge on any atom is -0.478 e. The molecule has 2 heterocycles. The molecule has 1 unspecified atom stereocenters. The van der Waals surface area contributed by atoms with Gasteiger partial charge in [-0.3, -0.25) is 0 Å². The zero-order valence-electron chi connectivity index (χ0n) is 11.0. The fraction of sp³-hybridized carbons (Fsp3) is 0.333. The summed E-state index contributed by atoms with van der Waals surface area (Å²) in [6.07, 6.45) is 4.09. The highest BCUT2D eigenvalue weighted by molar-refractivity contribution is 5.98. The predicted molar refractivity (Wildman–Crippen MR) is 76.2 cm³/mol. The third-order valence-electron chi connectivity index (χ3n) is 3.53. The molecule has 3 rings (SSSR count). The van der Waals surface area contributed by atoms with Gasteiger partial charge in [0.05, 0.1) is 11.7 Å². The number of hydrogen-bond donors (Lipinski definition) is 2. The first-order valence-electron chi connectivity index (χ1n) is 6.71. The molecule has 0 saturated carbocycles. The lowest BCUT2D eigenvalue weighted by atomic mass is 10.1. The molecule has 20 heavy (non-hydrogen) atoms. The van der Waals surface area contributed by atoms with E-state index >= 15 is 0 Å². The number of nitrogens with one attached hydrogen (secondary N) is 1. The Labute approximate surface area is 116 Å². The van der Waals surface area contributed by atoms with Gasteiger partial charge in [0.25, 0.3) is 0 Å². The first kappa shape index (κ1) is 12.9. The Morgan fingerprint density at radius 2 is 2.35 bits per heavy atom. The van der Waals surface area contributed by atoms with E-state index < -0.39 is 5.97 Å². The van der Waals surface area contributed by atoms with Gasteiger partial charge < -0.3 is 15.2 Å². The zero-order chi connectivity index (χ0) is 13.9. The van der Waals surface area contributed by atoms with Crippen LogP contribution in [0.15, 0.2) is 30.5 Å². The highest BCUT2D eigenvalue weighted by atomic mass is 16.5. The molecule has 1 saturated heterocycles. The van der Waals surface area contributed by atoms with Crippen molar-refractivity contribution >= 4 is 22.6 Å². The molecule has 1 aromatic heterocycles. The number of aromatic carboxylic acids is 1. The van der Waals surface area contributed by atoms with Gasteiger partial charge >= 0.3 is 5.97 Å². The van der Waals surface area contributed by atoms with Crippen molar-refractivity contribution in [2.45, 2.75) is 18.9 Å². The van der Waals surface area contributed by atoms with E-state index in [0.29, 0.717) is 12.4 Å². The van der Waals surface area contributed by atoms with Crippen LogP contribution in [0.5, 0.6) is 0 Å². The molecule has 0 spiro atoms. The molecule has 1 aromatic carbocycles. The lowest BCUT2D eigenvalue weighted by Crippen LogP contribution is -2.19. The summed E-state index contributed by atoms with van der Waals surface area (Å²) >= 11 is 0. The van der Waals surface area contributed by atoms with Crippen LogP contribution in [-0.4, -0.2) is 35.3 Å². The molecule has 2 aromatic rings. The van der Waals surface area contributed by atoms with Crippen molar-refractivity contribution in [3.05, 3.63) is 36.0 Å². The van der Waals surface area contributed by atoms with Crippen LogP contribution < -0.4 is 5.32 Å². The number of aromatic nitrogens is 1. The Kier molecular flexibility index (Phi) is 3.52. The molecule has 1 aliphatic heterocycles. The highest BCUT2D eigenvalue weighted by Gasteiger charge is 2.15. The first-order chi connectivity index (χ1) is 9.74. The summed E-state index contributed by atoms with van der Waals surface area (Å²) in [5.41, 5.74) is 0.269. The number of hydrogen-bond acceptors (Lipinski definition) is 4. The molecule has 2 N–H and O–H groups in total. The minimum absolute atomic E-state index is 0.217. The first-order valence-corrected chi connectivity index (χ1v) is 6.71. The molecule has 0 bridgehead atoms. The summed E-state index contributed by atoms with van der Waals surface area (Å²) in [7, 11) is 0. The third kappa shape index (κ3) is 2.58. The second kappa shape index (κ2) is 5.46. The molecule has 0 radical (unpaired) electrons. The number of carboxylic acid groups (broad SMARTS) is 1. The second-order valence-corrected chi connectivity index (χ2v) is 4.92. The summed E-state index contributed by atoms with van der Waals surface area (Å²) in [5.74, 6) is -0.220. The minimum atomic E-state index is -0.930. The fourth-order valence-electron chi connectivity index (χ4n) is 2.46. The number of carboxylic acids is 1. The summed E-state index contributed by atoms with van der Waals surface area (Å²) in [4.78, 5) is 15.4. The van der Waals surface area contributed by atoms with Crippen molar-refractivity contribution in [1.29, 1.82) is 0 Å². The molecular weight excluding hydrogens is 256 g/mol. The van der Waals surface area contributed by atoms with E-state index in [-0.39, 0.29) is 11.7 Å². The molecule has 1 atom stereocenters. The smallest absolute Gasteiger partial charge is 0.335 e. The molecule has 0 aliphatic carbocycles.